The van der Waals surface area contributed by atoms with Crippen molar-refractivity contribution < 1.29 is 9.53 Å². The second kappa shape index (κ2) is 4.05. The zero-order valence-electron chi connectivity index (χ0n) is 5.77. The van der Waals surface area contributed by atoms with Gasteiger partial charge < -0.3 is 4.74 Å². The van der Waals surface area contributed by atoms with Crippen LogP contribution in [0.3, 0.4) is 0 Å². The summed E-state index contributed by atoms with van der Waals surface area (Å²) < 4.78 is 4.48. The Labute approximate surface area is 68.0 Å². The number of hydrogen-bond donors (Lipinski definition) is 1. The summed E-state index contributed by atoms with van der Waals surface area (Å²) in [5.41, 5.74) is 7.95. The Kier molecular flexibility index (Phi) is 3.00. The van der Waals surface area contributed by atoms with E-state index in [9.17, 15) is 4.79 Å². The summed E-state index contributed by atoms with van der Waals surface area (Å²) in [7, 11) is 0. The molecule has 4 nitrogen and oxygen atoms in total. The van der Waals surface area contributed by atoms with Gasteiger partial charge in [0.25, 0.3) is 6.47 Å². The van der Waals surface area contributed by atoms with E-state index in [0.29, 0.717) is 12.9 Å². The molecule has 1 unspecified atom stereocenters. The molecule has 0 saturated heterocycles. The third-order valence-corrected chi connectivity index (χ3v) is 1.76. The first-order valence-corrected chi connectivity index (χ1v) is 3.99. The minimum absolute atomic E-state index is 0.344. The number of nitrogens with zero attached hydrogens (tertiary/aromatic N) is 1. The zero-order valence-corrected chi connectivity index (χ0v) is 6.58. The molecule has 60 valence electrons. The van der Waals surface area contributed by atoms with E-state index in [1.54, 1.807) is 5.51 Å². The van der Waals surface area contributed by atoms with Crippen LogP contribution in [0.1, 0.15) is 5.69 Å². The van der Waals surface area contributed by atoms with Gasteiger partial charge in [-0.2, -0.15) is 0 Å². The van der Waals surface area contributed by atoms with Crippen LogP contribution in [0.2, 0.25) is 0 Å². The van der Waals surface area contributed by atoms with Crippen molar-refractivity contribution in [2.75, 3.05) is 0 Å². The maximum atomic E-state index is 9.82. The van der Waals surface area contributed by atoms with Crippen molar-refractivity contribution in [2.24, 2.45) is 5.73 Å². The average Bonchev–Trinajstić information content (AvgIpc) is 2.40. The normalized spacial score (nSPS) is 12.5. The molecule has 0 bridgehead atoms. The fourth-order valence-corrected chi connectivity index (χ4v) is 1.24. The molecule has 2 N–H and O–H groups in total. The maximum Gasteiger partial charge on any atom is 0.294 e. The van der Waals surface area contributed by atoms with Crippen LogP contribution in [-0.2, 0) is 16.0 Å². The Balaban J connectivity index is 2.37. The van der Waals surface area contributed by atoms with Crippen molar-refractivity contribution in [2.45, 2.75) is 12.6 Å². The third kappa shape index (κ3) is 2.65. The number of nitrogens with two attached hydrogens (primary N) is 1. The SMILES string of the molecule is NC(Cc1cscn1)OC=O. The second-order valence-corrected chi connectivity index (χ2v) is 2.67. The molecular formula is C6H8N2O2S. The first-order valence-electron chi connectivity index (χ1n) is 3.04. The van der Waals surface area contributed by atoms with Crippen LogP contribution in [0.4, 0.5) is 0 Å². The number of thiazole rings is 1. The standard InChI is InChI=1S/C6H8N2O2S/c7-6(10-4-9)1-5-2-11-3-8-5/h2-4,6H,1,7H2. The van der Waals surface area contributed by atoms with Gasteiger partial charge in [-0.05, 0) is 0 Å². The predicted octanol–water partition coefficient (Wildman–Crippen LogP) is 0.143. The van der Waals surface area contributed by atoms with E-state index >= 15 is 0 Å². The monoisotopic (exact) mass is 172 g/mol. The Morgan fingerprint density at radius 1 is 1.91 bits per heavy atom. The molecule has 0 aliphatic carbocycles. The van der Waals surface area contributed by atoms with Crippen molar-refractivity contribution in [3.63, 3.8) is 0 Å². The number of carbonyl (C=O) groups is 1. The summed E-state index contributed by atoms with van der Waals surface area (Å²) in [6, 6.07) is 0. The number of ether oxygens (including phenoxy) is 1. The van der Waals surface area contributed by atoms with Gasteiger partial charge in [-0.3, -0.25) is 10.5 Å². The Morgan fingerprint density at radius 2 is 2.73 bits per heavy atom. The summed E-state index contributed by atoms with van der Waals surface area (Å²) in [4.78, 5) is 13.8. The van der Waals surface area contributed by atoms with Gasteiger partial charge in [0, 0.05) is 11.8 Å². The van der Waals surface area contributed by atoms with Crippen molar-refractivity contribution in [1.82, 2.24) is 4.98 Å². The molecule has 0 fully saturated rings. The number of carbonyl (C=O) groups excluding carboxylic acids is 1. The third-order valence-electron chi connectivity index (χ3n) is 1.12. The Hall–Kier alpha value is -0.940. The van der Waals surface area contributed by atoms with Crippen LogP contribution in [0, 0.1) is 0 Å². The van der Waals surface area contributed by atoms with Gasteiger partial charge in [-0.1, -0.05) is 0 Å². The molecule has 1 rings (SSSR count). The fourth-order valence-electron chi connectivity index (χ4n) is 0.664. The summed E-state index contributed by atoms with van der Waals surface area (Å²) in [5.74, 6) is 0. The molecule has 0 amide bonds. The first kappa shape index (κ1) is 8.16. The van der Waals surface area contributed by atoms with Crippen LogP contribution in [0.5, 0.6) is 0 Å². The highest BCUT2D eigenvalue weighted by molar-refractivity contribution is 7.07. The van der Waals surface area contributed by atoms with Crippen LogP contribution in [-0.4, -0.2) is 17.7 Å². The van der Waals surface area contributed by atoms with Crippen LogP contribution < -0.4 is 5.73 Å². The minimum atomic E-state index is -0.574. The topological polar surface area (TPSA) is 65.2 Å². The van der Waals surface area contributed by atoms with Crippen LogP contribution >= 0.6 is 11.3 Å². The highest BCUT2D eigenvalue weighted by Gasteiger charge is 2.04. The maximum absolute atomic E-state index is 9.82. The van der Waals surface area contributed by atoms with Gasteiger partial charge in [-0.25, -0.2) is 4.98 Å². The summed E-state index contributed by atoms with van der Waals surface area (Å²) in [6.45, 7) is 0.344. The van der Waals surface area contributed by atoms with Gasteiger partial charge in [0.15, 0.2) is 6.23 Å². The van der Waals surface area contributed by atoms with Crippen molar-refractivity contribution in [3.8, 4) is 0 Å². The minimum Gasteiger partial charge on any atom is -0.449 e. The lowest BCUT2D eigenvalue weighted by Crippen LogP contribution is -2.25. The van der Waals surface area contributed by atoms with Gasteiger partial charge >= 0.3 is 0 Å². The molecule has 1 aromatic rings. The van der Waals surface area contributed by atoms with Crippen molar-refractivity contribution in [1.29, 1.82) is 0 Å². The molecular weight excluding hydrogens is 164 g/mol. The van der Waals surface area contributed by atoms with E-state index in [4.69, 9.17) is 5.73 Å². The van der Waals surface area contributed by atoms with Crippen LogP contribution in [0.25, 0.3) is 0 Å². The largest absolute Gasteiger partial charge is 0.449 e. The van der Waals surface area contributed by atoms with E-state index in [2.05, 4.69) is 9.72 Å². The van der Waals surface area contributed by atoms with Crippen LogP contribution in [0.15, 0.2) is 10.9 Å². The Morgan fingerprint density at radius 3 is 3.27 bits per heavy atom. The van der Waals surface area contributed by atoms with Crippen molar-refractivity contribution in [3.05, 3.63) is 16.6 Å². The van der Waals surface area contributed by atoms with E-state index in [0.717, 1.165) is 5.69 Å². The highest BCUT2D eigenvalue weighted by atomic mass is 32.1. The first-order chi connectivity index (χ1) is 5.33. The number of rotatable bonds is 4. The summed E-state index contributed by atoms with van der Waals surface area (Å²) >= 11 is 1.49. The highest BCUT2D eigenvalue weighted by Crippen LogP contribution is 2.03. The molecule has 0 saturated carbocycles. The molecule has 0 aliphatic rings. The van der Waals surface area contributed by atoms with E-state index in [-0.39, 0.29) is 0 Å². The van der Waals surface area contributed by atoms with E-state index in [1.807, 2.05) is 5.38 Å². The Bertz CT molecular complexity index is 212. The second-order valence-electron chi connectivity index (χ2n) is 1.95. The molecule has 1 atom stereocenters. The van der Waals surface area contributed by atoms with Gasteiger partial charge in [0.1, 0.15) is 0 Å². The molecule has 0 aromatic carbocycles. The van der Waals surface area contributed by atoms with E-state index < -0.39 is 6.23 Å². The lowest BCUT2D eigenvalue weighted by molar-refractivity contribution is -0.133. The fraction of sp³-hybridized carbons (Fsp3) is 0.333. The predicted molar refractivity (Wildman–Crippen MR) is 40.9 cm³/mol. The molecule has 1 aromatic heterocycles. The smallest absolute Gasteiger partial charge is 0.294 e. The zero-order chi connectivity index (χ0) is 8.10. The molecule has 0 radical (unpaired) electrons. The van der Waals surface area contributed by atoms with Gasteiger partial charge in [0.05, 0.1) is 11.2 Å². The lowest BCUT2D eigenvalue weighted by atomic mass is 10.3. The van der Waals surface area contributed by atoms with Crippen molar-refractivity contribution >= 4 is 17.8 Å². The molecule has 0 spiro atoms. The van der Waals surface area contributed by atoms with E-state index in [1.165, 1.54) is 11.3 Å². The molecule has 1 heterocycles. The molecule has 0 aliphatic heterocycles. The lowest BCUT2D eigenvalue weighted by Gasteiger charge is -2.05. The van der Waals surface area contributed by atoms with Gasteiger partial charge in [0.2, 0.25) is 0 Å². The quantitative estimate of drug-likeness (QED) is 0.518. The summed E-state index contributed by atoms with van der Waals surface area (Å²) in [5, 5.41) is 1.87. The average molecular weight is 172 g/mol. The van der Waals surface area contributed by atoms with Gasteiger partial charge in [-0.15, -0.1) is 11.3 Å². The summed E-state index contributed by atoms with van der Waals surface area (Å²) in [6.07, 6.45) is -0.100. The number of hydrogen-bond acceptors (Lipinski definition) is 5. The molecule has 11 heavy (non-hydrogen) atoms. The number of aromatic nitrogens is 1. The molecule has 5 heteroatoms.